The molecule has 27 heavy (non-hydrogen) atoms. The predicted molar refractivity (Wildman–Crippen MR) is 108 cm³/mol. The number of nitrogens with one attached hydrogen (secondary N) is 1. The van der Waals surface area contributed by atoms with Gasteiger partial charge in [0.05, 0.1) is 18.6 Å². The fraction of sp³-hybridized carbons (Fsp3) is 0.421. The summed E-state index contributed by atoms with van der Waals surface area (Å²) >= 11 is 0. The Bertz CT molecular complexity index is 865. The number of ether oxygens (including phenoxy) is 1. The zero-order valence-electron chi connectivity index (χ0n) is 15.8. The molecule has 0 spiro atoms. The number of benzene rings is 1. The van der Waals surface area contributed by atoms with Crippen LogP contribution in [0.5, 0.6) is 5.75 Å². The van der Waals surface area contributed by atoms with E-state index in [2.05, 4.69) is 25.6 Å². The normalized spacial score (nSPS) is 15.0. The molecule has 0 atom stereocenters. The molecular weight excluding hydrogens is 364 g/mol. The van der Waals surface area contributed by atoms with Crippen LogP contribution in [0.3, 0.4) is 0 Å². The van der Waals surface area contributed by atoms with Crippen LogP contribution in [0.25, 0.3) is 0 Å². The van der Waals surface area contributed by atoms with Crippen LogP contribution in [0.15, 0.2) is 42.6 Å². The van der Waals surface area contributed by atoms with E-state index in [1.807, 2.05) is 30.3 Å². The molecule has 1 aromatic carbocycles. The van der Waals surface area contributed by atoms with E-state index in [0.29, 0.717) is 0 Å². The number of aromatic nitrogens is 1. The lowest BCUT2D eigenvalue weighted by Gasteiger charge is -2.37. The highest BCUT2D eigenvalue weighted by Gasteiger charge is 2.22. The van der Waals surface area contributed by atoms with Crippen molar-refractivity contribution in [3.8, 4) is 5.75 Å². The second-order valence-electron chi connectivity index (χ2n) is 6.36. The van der Waals surface area contributed by atoms with Crippen LogP contribution in [0, 0.1) is 0 Å². The van der Waals surface area contributed by atoms with Crippen molar-refractivity contribution in [2.45, 2.75) is 13.5 Å². The van der Waals surface area contributed by atoms with Gasteiger partial charge in [0.1, 0.15) is 11.6 Å². The molecule has 1 fully saturated rings. The summed E-state index contributed by atoms with van der Waals surface area (Å²) in [6, 6.07) is 11.8. The number of methoxy groups -OCH3 is 1. The van der Waals surface area contributed by atoms with E-state index in [-0.39, 0.29) is 12.3 Å². The molecular formula is C19H26N4O3S. The van der Waals surface area contributed by atoms with Crippen molar-refractivity contribution in [1.29, 1.82) is 0 Å². The van der Waals surface area contributed by atoms with Crippen LogP contribution in [-0.2, 0) is 16.6 Å². The number of rotatable bonds is 7. The maximum atomic E-state index is 11.8. The fourth-order valence-electron chi connectivity index (χ4n) is 3.19. The van der Waals surface area contributed by atoms with Gasteiger partial charge in [-0.3, -0.25) is 0 Å². The second kappa shape index (κ2) is 8.58. The molecule has 1 N–H and O–H groups in total. The molecule has 1 saturated heterocycles. The number of pyridine rings is 1. The molecule has 1 aromatic heterocycles. The summed E-state index contributed by atoms with van der Waals surface area (Å²) in [6.45, 7) is 5.19. The Balaban J connectivity index is 1.69. The van der Waals surface area contributed by atoms with E-state index in [4.69, 9.17) is 4.74 Å². The Labute approximate surface area is 161 Å². The Morgan fingerprint density at radius 2 is 1.78 bits per heavy atom. The van der Waals surface area contributed by atoms with Gasteiger partial charge in [0.15, 0.2) is 0 Å². The topological polar surface area (TPSA) is 74.8 Å². The van der Waals surface area contributed by atoms with Crippen LogP contribution >= 0.6 is 0 Å². The molecule has 0 radical (unpaired) electrons. The third kappa shape index (κ3) is 4.70. The third-order valence-corrected chi connectivity index (χ3v) is 6.08. The van der Waals surface area contributed by atoms with Gasteiger partial charge in [0.2, 0.25) is 10.0 Å². The maximum Gasteiger partial charge on any atom is 0.211 e. The number of nitrogens with zero attached hydrogens (tertiary/aromatic N) is 3. The molecule has 0 amide bonds. The molecule has 8 heteroatoms. The van der Waals surface area contributed by atoms with Crippen molar-refractivity contribution in [3.63, 3.8) is 0 Å². The zero-order valence-corrected chi connectivity index (χ0v) is 16.6. The molecule has 0 aliphatic carbocycles. The predicted octanol–water partition coefficient (Wildman–Crippen LogP) is 1.86. The number of piperazine rings is 1. The highest BCUT2D eigenvalue weighted by atomic mass is 32.2. The summed E-state index contributed by atoms with van der Waals surface area (Å²) in [5, 5.41) is 0. The Kier molecular flexibility index (Phi) is 6.18. The lowest BCUT2D eigenvalue weighted by atomic mass is 10.2. The van der Waals surface area contributed by atoms with Crippen molar-refractivity contribution < 1.29 is 13.2 Å². The van der Waals surface area contributed by atoms with Gasteiger partial charge in [-0.25, -0.2) is 18.1 Å². The molecule has 1 aliphatic heterocycles. The fourth-order valence-corrected chi connectivity index (χ4v) is 3.77. The van der Waals surface area contributed by atoms with Crippen LogP contribution in [-0.4, -0.2) is 52.4 Å². The SMILES string of the molecule is CCS(=O)(=O)NCc1cccnc1N1CCN(c2ccccc2OC)CC1. The maximum absolute atomic E-state index is 11.8. The van der Waals surface area contributed by atoms with Crippen LogP contribution in [0.4, 0.5) is 11.5 Å². The Hall–Kier alpha value is -2.32. The van der Waals surface area contributed by atoms with Gasteiger partial charge < -0.3 is 14.5 Å². The molecule has 3 rings (SSSR count). The van der Waals surface area contributed by atoms with Gasteiger partial charge in [-0.1, -0.05) is 18.2 Å². The minimum Gasteiger partial charge on any atom is -0.495 e. The van der Waals surface area contributed by atoms with Gasteiger partial charge in [-0.05, 0) is 25.1 Å². The summed E-state index contributed by atoms with van der Waals surface area (Å²) < 4.78 is 31.6. The lowest BCUT2D eigenvalue weighted by Crippen LogP contribution is -2.47. The van der Waals surface area contributed by atoms with E-state index in [0.717, 1.165) is 49.0 Å². The summed E-state index contributed by atoms with van der Waals surface area (Å²) in [7, 11) is -1.55. The monoisotopic (exact) mass is 390 g/mol. The number of sulfonamides is 1. The van der Waals surface area contributed by atoms with Crippen molar-refractivity contribution in [2.75, 3.05) is 48.8 Å². The van der Waals surface area contributed by atoms with Crippen molar-refractivity contribution in [2.24, 2.45) is 0 Å². The summed E-state index contributed by atoms with van der Waals surface area (Å²) in [5.41, 5.74) is 1.98. The van der Waals surface area contributed by atoms with E-state index in [1.165, 1.54) is 0 Å². The summed E-state index contributed by atoms with van der Waals surface area (Å²) in [6.07, 6.45) is 1.75. The van der Waals surface area contributed by atoms with Gasteiger partial charge in [0, 0.05) is 44.5 Å². The molecule has 0 bridgehead atoms. The summed E-state index contributed by atoms with van der Waals surface area (Å²) in [4.78, 5) is 9.02. The number of para-hydroxylation sites is 2. The van der Waals surface area contributed by atoms with Crippen molar-refractivity contribution in [3.05, 3.63) is 48.2 Å². The molecule has 0 saturated carbocycles. The molecule has 2 aromatic rings. The Morgan fingerprint density at radius 3 is 2.48 bits per heavy atom. The molecule has 146 valence electrons. The average Bonchev–Trinajstić information content (AvgIpc) is 2.72. The van der Waals surface area contributed by atoms with E-state index in [1.54, 1.807) is 20.2 Å². The first kappa shape index (κ1) is 19.4. The first-order chi connectivity index (χ1) is 13.0. The van der Waals surface area contributed by atoms with E-state index in [9.17, 15) is 8.42 Å². The lowest BCUT2D eigenvalue weighted by molar-refractivity contribution is 0.413. The Morgan fingerprint density at radius 1 is 1.07 bits per heavy atom. The van der Waals surface area contributed by atoms with Crippen LogP contribution in [0.1, 0.15) is 12.5 Å². The zero-order chi connectivity index (χ0) is 19.3. The minimum atomic E-state index is -3.24. The highest BCUT2D eigenvalue weighted by molar-refractivity contribution is 7.89. The summed E-state index contributed by atoms with van der Waals surface area (Å²) in [5.74, 6) is 1.79. The second-order valence-corrected chi connectivity index (χ2v) is 8.45. The van der Waals surface area contributed by atoms with Gasteiger partial charge in [-0.15, -0.1) is 0 Å². The van der Waals surface area contributed by atoms with Crippen molar-refractivity contribution in [1.82, 2.24) is 9.71 Å². The van der Waals surface area contributed by atoms with Gasteiger partial charge in [-0.2, -0.15) is 0 Å². The molecule has 0 unspecified atom stereocenters. The number of anilines is 2. The van der Waals surface area contributed by atoms with Gasteiger partial charge in [0.25, 0.3) is 0 Å². The standard InChI is InChI=1S/C19H26N4O3S/c1-3-27(24,25)21-15-16-7-6-10-20-19(16)23-13-11-22(12-14-23)17-8-4-5-9-18(17)26-2/h4-10,21H,3,11-15H2,1-2H3. The first-order valence-corrected chi connectivity index (χ1v) is 10.7. The van der Waals surface area contributed by atoms with Crippen molar-refractivity contribution >= 4 is 21.5 Å². The molecule has 2 heterocycles. The largest absolute Gasteiger partial charge is 0.495 e. The first-order valence-electron chi connectivity index (χ1n) is 9.08. The van der Waals surface area contributed by atoms with E-state index < -0.39 is 10.0 Å². The minimum absolute atomic E-state index is 0.0696. The highest BCUT2D eigenvalue weighted by Crippen LogP contribution is 2.29. The van der Waals surface area contributed by atoms with Crippen LogP contribution in [0.2, 0.25) is 0 Å². The molecule has 7 nitrogen and oxygen atoms in total. The van der Waals surface area contributed by atoms with E-state index >= 15 is 0 Å². The quantitative estimate of drug-likeness (QED) is 0.778. The van der Waals surface area contributed by atoms with Gasteiger partial charge >= 0.3 is 0 Å². The smallest absolute Gasteiger partial charge is 0.211 e. The third-order valence-electron chi connectivity index (χ3n) is 4.74. The number of hydrogen-bond donors (Lipinski definition) is 1. The average molecular weight is 391 g/mol. The van der Waals surface area contributed by atoms with Crippen LogP contribution < -0.4 is 19.3 Å². The molecule has 1 aliphatic rings. The number of hydrogen-bond acceptors (Lipinski definition) is 6.